The number of aliphatic carboxylic acids is 1. The Bertz CT molecular complexity index is 3190. The van der Waals surface area contributed by atoms with E-state index in [1.807, 2.05) is 88.6 Å². The number of allylic oxidation sites excluding steroid dienone is 6. The van der Waals surface area contributed by atoms with Crippen molar-refractivity contribution in [2.45, 2.75) is 106 Å². The minimum Gasteiger partial charge on any atom is -0.748 e. The first-order chi connectivity index (χ1) is 31.0. The molecule has 4 aromatic rings. The maximum atomic E-state index is 13.3. The highest BCUT2D eigenvalue weighted by Crippen LogP contribution is 2.52. The van der Waals surface area contributed by atoms with Gasteiger partial charge in [-0.05, 0) is 91.7 Å². The average Bonchev–Trinajstić information content (AvgIpc) is 3.57. The van der Waals surface area contributed by atoms with Crippen LogP contribution in [0.15, 0.2) is 105 Å². The SMILES string of the molecule is C/C=C/C=C/C=C1/N(CCCC)c2ccc3c(S(=O)(=O)[O-])cc(S(=O)(=O)[O-])cc3c2C1(C)C.CC1=[N+](CCCS(=O)(=O)[O-])c2ccc3c(S(=O)(=O)N(C)CCCC(=O)O)cccc3c2C1(C)C. The lowest BCUT2D eigenvalue weighted by atomic mass is 9.80. The van der Waals surface area contributed by atoms with Crippen molar-refractivity contribution >= 4 is 85.0 Å². The molecular formula is C47H57N3O13S4-2. The van der Waals surface area contributed by atoms with Crippen LogP contribution in [-0.2, 0) is 56.0 Å². The van der Waals surface area contributed by atoms with E-state index in [9.17, 15) is 52.1 Å². The summed E-state index contributed by atoms with van der Waals surface area (Å²) in [5, 5.41) is 10.6. The number of benzene rings is 4. The molecule has 0 aliphatic carbocycles. The lowest BCUT2D eigenvalue weighted by molar-refractivity contribution is -0.438. The summed E-state index contributed by atoms with van der Waals surface area (Å²) in [6.45, 7) is 15.1. The summed E-state index contributed by atoms with van der Waals surface area (Å²) >= 11 is 0. The molecule has 2 heterocycles. The number of hydrogen-bond donors (Lipinski definition) is 1. The molecule has 0 bridgehead atoms. The molecule has 0 radical (unpaired) electrons. The van der Waals surface area contributed by atoms with Gasteiger partial charge in [-0.25, -0.2) is 38.0 Å². The Balaban J connectivity index is 0.000000251. The zero-order valence-corrected chi connectivity index (χ0v) is 42.0. The minimum absolute atomic E-state index is 0.0880. The van der Waals surface area contributed by atoms with Gasteiger partial charge in [-0.1, -0.05) is 69.7 Å². The average molecular weight is 1000 g/mol. The number of anilines is 1. The summed E-state index contributed by atoms with van der Waals surface area (Å²) < 4.78 is 134. The third-order valence-electron chi connectivity index (χ3n) is 12.4. The molecule has 0 atom stereocenters. The van der Waals surface area contributed by atoms with E-state index >= 15 is 0 Å². The van der Waals surface area contributed by atoms with Crippen LogP contribution in [0, 0.1) is 0 Å². The van der Waals surface area contributed by atoms with Crippen molar-refractivity contribution in [3.05, 3.63) is 102 Å². The van der Waals surface area contributed by atoms with Gasteiger partial charge in [0, 0.05) is 79.5 Å². The van der Waals surface area contributed by atoms with Crippen LogP contribution >= 0.6 is 0 Å². The lowest BCUT2D eigenvalue weighted by Gasteiger charge is -2.27. The molecule has 0 amide bonds. The number of fused-ring (bicyclic) bond motifs is 6. The molecule has 0 saturated carbocycles. The van der Waals surface area contributed by atoms with Gasteiger partial charge in [-0.3, -0.25) is 4.79 Å². The normalized spacial score (nSPS) is 16.7. The molecule has 2 aliphatic heterocycles. The highest BCUT2D eigenvalue weighted by molar-refractivity contribution is 7.89. The molecular weight excluding hydrogens is 943 g/mol. The van der Waals surface area contributed by atoms with Gasteiger partial charge in [0.25, 0.3) is 0 Å². The number of sulfonamides is 1. The predicted octanol–water partition coefficient (Wildman–Crippen LogP) is 7.22. The van der Waals surface area contributed by atoms with Crippen LogP contribution in [0.3, 0.4) is 0 Å². The van der Waals surface area contributed by atoms with Crippen LogP contribution in [0.4, 0.5) is 11.4 Å². The number of nitrogens with zero attached hydrogens (tertiary/aromatic N) is 3. The van der Waals surface area contributed by atoms with Crippen molar-refractivity contribution in [3.8, 4) is 0 Å². The Labute approximate surface area is 394 Å². The second kappa shape index (κ2) is 20.0. The third kappa shape index (κ3) is 11.2. The van der Waals surface area contributed by atoms with Crippen molar-refractivity contribution < 1.29 is 61.8 Å². The number of carboxylic acid groups (broad SMARTS) is 1. The maximum absolute atomic E-state index is 13.3. The quantitative estimate of drug-likeness (QED) is 0.0623. The highest BCUT2D eigenvalue weighted by Gasteiger charge is 2.45. The molecule has 16 nitrogen and oxygen atoms in total. The second-order valence-electron chi connectivity index (χ2n) is 17.6. The Hall–Kier alpha value is -4.80. The van der Waals surface area contributed by atoms with E-state index < -0.39 is 72.7 Å². The van der Waals surface area contributed by atoms with Gasteiger partial charge in [0.1, 0.15) is 26.8 Å². The van der Waals surface area contributed by atoms with E-state index in [2.05, 4.69) is 11.8 Å². The van der Waals surface area contributed by atoms with Gasteiger partial charge >= 0.3 is 5.97 Å². The summed E-state index contributed by atoms with van der Waals surface area (Å²) in [4.78, 5) is 11.6. The van der Waals surface area contributed by atoms with Gasteiger partial charge in [-0.2, -0.15) is 4.58 Å². The van der Waals surface area contributed by atoms with E-state index in [4.69, 9.17) is 5.11 Å². The van der Waals surface area contributed by atoms with Crippen molar-refractivity contribution in [3.63, 3.8) is 0 Å². The van der Waals surface area contributed by atoms with Gasteiger partial charge in [0.05, 0.1) is 30.2 Å². The third-order valence-corrected chi connectivity index (χ3v) is 16.8. The molecule has 67 heavy (non-hydrogen) atoms. The van der Waals surface area contributed by atoms with Crippen LogP contribution in [0.1, 0.15) is 91.7 Å². The molecule has 0 spiro atoms. The predicted molar refractivity (Wildman–Crippen MR) is 256 cm³/mol. The van der Waals surface area contributed by atoms with E-state index in [1.54, 1.807) is 24.3 Å². The standard InChI is InChI=1S/C24H29NO6S2.C23H30N2O7S2/c1-5-7-9-10-11-22-24(3,4)23-19-15-17(32(26,27)28)16-21(33(29,30)31)18(19)12-13-20(23)25(22)14-8-6-2;1-16-23(2,3)22-18-8-5-9-20(34(31,32)24(4)13-6-10-21(26)27)17(18)11-12-19(22)25(16)14-7-15-33(28,29)30/h5,7,9-13,15-16H,6,8,14H2,1-4H3,(H,26,27,28)(H,29,30,31);5,8-9,11-12H,6-7,10,13-15H2,1-4H3,(H-,26,27,28,29,30)/p-2/b7-5+,10-9+,22-11+;. The Kier molecular flexibility index (Phi) is 15.9. The van der Waals surface area contributed by atoms with Gasteiger partial charge < -0.3 is 23.7 Å². The number of rotatable bonds is 17. The van der Waals surface area contributed by atoms with E-state index in [1.165, 1.54) is 23.5 Å². The van der Waals surface area contributed by atoms with E-state index in [0.717, 1.165) is 46.6 Å². The molecule has 0 saturated heterocycles. The molecule has 2 aliphatic rings. The lowest BCUT2D eigenvalue weighted by Crippen LogP contribution is -2.29. The molecule has 0 fully saturated rings. The highest BCUT2D eigenvalue weighted by atomic mass is 32.2. The first-order valence-electron chi connectivity index (χ1n) is 21.6. The fourth-order valence-corrected chi connectivity index (χ4v) is 12.1. The Morgan fingerprint density at radius 3 is 2.03 bits per heavy atom. The largest absolute Gasteiger partial charge is 0.748 e. The summed E-state index contributed by atoms with van der Waals surface area (Å²) in [5.74, 6) is -1.42. The summed E-state index contributed by atoms with van der Waals surface area (Å²) in [6.07, 6.45) is 11.7. The van der Waals surface area contributed by atoms with Crippen LogP contribution in [0.5, 0.6) is 0 Å². The van der Waals surface area contributed by atoms with Crippen LogP contribution < -0.4 is 4.90 Å². The van der Waals surface area contributed by atoms with Gasteiger partial charge in [0.15, 0.2) is 5.71 Å². The summed E-state index contributed by atoms with van der Waals surface area (Å²) in [6, 6.07) is 13.8. The number of hydrogen-bond acceptors (Lipinski definition) is 13. The zero-order chi connectivity index (χ0) is 50.1. The first-order valence-corrected chi connectivity index (χ1v) is 27.4. The van der Waals surface area contributed by atoms with Crippen LogP contribution in [-0.4, -0.2) is 105 Å². The maximum Gasteiger partial charge on any atom is 0.303 e. The molecule has 20 heteroatoms. The van der Waals surface area contributed by atoms with Crippen molar-refractivity contribution in [1.29, 1.82) is 0 Å². The molecule has 1 N–H and O–H groups in total. The first kappa shape index (κ1) is 53.2. The summed E-state index contributed by atoms with van der Waals surface area (Å²) in [5.41, 5.74) is 4.11. The second-order valence-corrected chi connectivity index (χ2v) is 23.9. The molecule has 0 aromatic heterocycles. The Morgan fingerprint density at radius 1 is 0.776 bits per heavy atom. The summed E-state index contributed by atoms with van der Waals surface area (Å²) in [7, 11) is -16.7. The molecule has 4 aromatic carbocycles. The monoisotopic (exact) mass is 999 g/mol. The molecule has 6 rings (SSSR count). The van der Waals surface area contributed by atoms with Crippen molar-refractivity contribution in [2.75, 3.05) is 37.3 Å². The van der Waals surface area contributed by atoms with E-state index in [0.29, 0.717) is 30.1 Å². The molecule has 364 valence electrons. The van der Waals surface area contributed by atoms with Crippen LogP contribution in [0.2, 0.25) is 0 Å². The fraction of sp³-hybridized carbons (Fsp3) is 0.404. The van der Waals surface area contributed by atoms with Crippen molar-refractivity contribution in [2.24, 2.45) is 0 Å². The number of carboxylic acids is 1. The van der Waals surface area contributed by atoms with Gasteiger partial charge in [-0.15, -0.1) is 0 Å². The van der Waals surface area contributed by atoms with Crippen LogP contribution in [0.25, 0.3) is 21.5 Å². The smallest absolute Gasteiger partial charge is 0.303 e. The topological polar surface area (TPSA) is 253 Å². The van der Waals surface area contributed by atoms with Gasteiger partial charge in [0.2, 0.25) is 15.7 Å². The van der Waals surface area contributed by atoms with Crippen molar-refractivity contribution in [1.82, 2.24) is 4.31 Å². The van der Waals surface area contributed by atoms with E-state index in [-0.39, 0.29) is 41.5 Å². The Morgan fingerprint density at radius 2 is 1.43 bits per heavy atom. The number of carbonyl (C=O) groups is 1. The zero-order valence-electron chi connectivity index (χ0n) is 38.8. The fourth-order valence-electron chi connectivity index (χ4n) is 8.92. The number of unbranched alkanes of at least 4 members (excludes halogenated alkanes) is 1. The molecule has 0 unspecified atom stereocenters. The minimum atomic E-state index is -5.03.